The van der Waals surface area contributed by atoms with Crippen molar-refractivity contribution in [3.63, 3.8) is 0 Å². The fourth-order valence-electron chi connectivity index (χ4n) is 3.47. The Labute approximate surface area is 145 Å². The monoisotopic (exact) mass is 347 g/mol. The van der Waals surface area contributed by atoms with Crippen molar-refractivity contribution in [1.82, 2.24) is 19.9 Å². The van der Waals surface area contributed by atoms with Crippen molar-refractivity contribution in [3.8, 4) is 0 Å². The predicted molar refractivity (Wildman–Crippen MR) is 91.3 cm³/mol. The van der Waals surface area contributed by atoms with E-state index in [-0.39, 0.29) is 11.9 Å². The molecule has 1 aromatic heterocycles. The number of aliphatic imine (C=N–C) groups is 1. The number of thioether (sulfide) groups is 1. The van der Waals surface area contributed by atoms with Crippen LogP contribution in [0.4, 0.5) is 0 Å². The Morgan fingerprint density at radius 2 is 2.29 bits per heavy atom. The summed E-state index contributed by atoms with van der Waals surface area (Å²) in [6, 6.07) is -0.0865. The molecule has 1 aromatic rings. The Morgan fingerprint density at radius 1 is 1.38 bits per heavy atom. The normalized spacial score (nSPS) is 23.8. The molecule has 1 fully saturated rings. The highest BCUT2D eigenvalue weighted by Crippen LogP contribution is 2.34. The van der Waals surface area contributed by atoms with Crippen molar-refractivity contribution >= 4 is 22.8 Å². The Hall–Kier alpha value is -1.83. The maximum Gasteiger partial charge on any atom is 0.249 e. The molecule has 4 rings (SSSR count). The van der Waals surface area contributed by atoms with Gasteiger partial charge in [0.25, 0.3) is 0 Å². The second-order valence-corrected chi connectivity index (χ2v) is 7.19. The van der Waals surface area contributed by atoms with Gasteiger partial charge in [0.2, 0.25) is 11.8 Å². The molecule has 4 heterocycles. The number of aromatic nitrogens is 2. The van der Waals surface area contributed by atoms with Gasteiger partial charge in [0.1, 0.15) is 6.04 Å². The van der Waals surface area contributed by atoms with Gasteiger partial charge in [0.05, 0.1) is 6.42 Å². The fraction of sp³-hybridized carbons (Fsp3) is 0.625. The van der Waals surface area contributed by atoms with Gasteiger partial charge in [0.15, 0.2) is 11.0 Å². The molecule has 0 aliphatic carbocycles. The van der Waals surface area contributed by atoms with Gasteiger partial charge in [-0.05, 0) is 38.0 Å². The number of hydrogen-bond acceptors (Lipinski definition) is 7. The third-order valence-electron chi connectivity index (χ3n) is 4.65. The number of piperidine rings is 1. The van der Waals surface area contributed by atoms with Crippen LogP contribution >= 0.6 is 11.8 Å². The number of carbonyl (C=O) groups excluding carboxylic acids is 1. The van der Waals surface area contributed by atoms with E-state index in [1.54, 1.807) is 18.7 Å². The van der Waals surface area contributed by atoms with E-state index in [1.165, 1.54) is 0 Å². The van der Waals surface area contributed by atoms with Gasteiger partial charge in [-0.1, -0.05) is 16.9 Å². The summed E-state index contributed by atoms with van der Waals surface area (Å²) in [6.45, 7) is 4.40. The smallest absolute Gasteiger partial charge is 0.249 e. The number of nitrogens with zero attached hydrogens (tertiary/aromatic N) is 5. The quantitative estimate of drug-likeness (QED) is 0.836. The zero-order valence-corrected chi connectivity index (χ0v) is 14.6. The Balaban J connectivity index is 1.48. The van der Waals surface area contributed by atoms with Crippen LogP contribution in [0.3, 0.4) is 0 Å². The summed E-state index contributed by atoms with van der Waals surface area (Å²) in [5.74, 6) is 1.32. The lowest BCUT2D eigenvalue weighted by Gasteiger charge is -2.34. The fourth-order valence-corrected chi connectivity index (χ4v) is 4.42. The first-order chi connectivity index (χ1) is 11.7. The van der Waals surface area contributed by atoms with E-state index < -0.39 is 0 Å². The predicted octanol–water partition coefficient (Wildman–Crippen LogP) is 2.47. The standard InChI is InChI=1S/C16H21N5O2S/c1-11-18-15(23-19-11)13-5-2-3-7-21(13)14(22)9-12-10-24-16-17-6-4-8-20(12)16/h10,13H,2-9H2,1H3. The van der Waals surface area contributed by atoms with E-state index in [0.29, 0.717) is 18.1 Å². The van der Waals surface area contributed by atoms with Crippen LogP contribution in [0.25, 0.3) is 0 Å². The molecule has 3 aliphatic heterocycles. The van der Waals surface area contributed by atoms with Crippen molar-refractivity contribution in [2.75, 3.05) is 19.6 Å². The Bertz CT molecular complexity index is 698. The largest absolute Gasteiger partial charge is 0.337 e. The van der Waals surface area contributed by atoms with Gasteiger partial charge >= 0.3 is 0 Å². The molecule has 128 valence electrons. The Kier molecular flexibility index (Phi) is 4.30. The van der Waals surface area contributed by atoms with Crippen LogP contribution in [0.1, 0.15) is 49.9 Å². The number of amides is 1. The van der Waals surface area contributed by atoms with Crippen LogP contribution in [0, 0.1) is 6.92 Å². The number of carbonyl (C=O) groups is 1. The molecule has 1 amide bonds. The third-order valence-corrected chi connectivity index (χ3v) is 5.60. The number of aryl methyl sites for hydroxylation is 1. The van der Waals surface area contributed by atoms with Crippen LogP contribution in [0.5, 0.6) is 0 Å². The van der Waals surface area contributed by atoms with E-state index in [0.717, 1.165) is 56.2 Å². The average molecular weight is 347 g/mol. The first-order valence-corrected chi connectivity index (χ1v) is 9.38. The van der Waals surface area contributed by atoms with Crippen LogP contribution in [-0.2, 0) is 4.79 Å². The molecule has 24 heavy (non-hydrogen) atoms. The number of amidine groups is 1. The molecule has 1 atom stereocenters. The highest BCUT2D eigenvalue weighted by Gasteiger charge is 2.34. The lowest BCUT2D eigenvalue weighted by atomic mass is 10.0. The summed E-state index contributed by atoms with van der Waals surface area (Å²) in [5.41, 5.74) is 1.06. The summed E-state index contributed by atoms with van der Waals surface area (Å²) < 4.78 is 5.34. The molecule has 8 heteroatoms. The molecule has 0 radical (unpaired) electrons. The molecule has 0 N–H and O–H groups in total. The lowest BCUT2D eigenvalue weighted by molar-refractivity contribution is -0.135. The highest BCUT2D eigenvalue weighted by molar-refractivity contribution is 8.16. The van der Waals surface area contributed by atoms with E-state index in [2.05, 4.69) is 25.4 Å². The zero-order valence-electron chi connectivity index (χ0n) is 13.8. The minimum absolute atomic E-state index is 0.0865. The summed E-state index contributed by atoms with van der Waals surface area (Å²) in [5, 5.41) is 6.98. The van der Waals surface area contributed by atoms with Gasteiger partial charge in [-0.2, -0.15) is 4.98 Å². The number of hydrogen-bond donors (Lipinski definition) is 0. The minimum atomic E-state index is -0.0865. The molecule has 3 aliphatic rings. The van der Waals surface area contributed by atoms with Crippen LogP contribution in [0.2, 0.25) is 0 Å². The lowest BCUT2D eigenvalue weighted by Crippen LogP contribution is -2.40. The van der Waals surface area contributed by atoms with Gasteiger partial charge in [-0.25, -0.2) is 0 Å². The number of likely N-dealkylation sites (tertiary alicyclic amines) is 1. The number of rotatable bonds is 3. The first kappa shape index (κ1) is 15.7. The summed E-state index contributed by atoms with van der Waals surface area (Å²) >= 11 is 1.63. The van der Waals surface area contributed by atoms with E-state index in [4.69, 9.17) is 4.52 Å². The molecule has 0 saturated carbocycles. The van der Waals surface area contributed by atoms with E-state index in [9.17, 15) is 4.79 Å². The maximum atomic E-state index is 12.9. The van der Waals surface area contributed by atoms with Crippen molar-refractivity contribution < 1.29 is 9.32 Å². The molecular weight excluding hydrogens is 326 g/mol. The van der Waals surface area contributed by atoms with Crippen molar-refractivity contribution in [2.24, 2.45) is 4.99 Å². The van der Waals surface area contributed by atoms with E-state index in [1.807, 2.05) is 4.90 Å². The first-order valence-electron chi connectivity index (χ1n) is 8.50. The van der Waals surface area contributed by atoms with Gasteiger partial charge in [-0.3, -0.25) is 9.79 Å². The van der Waals surface area contributed by atoms with E-state index >= 15 is 0 Å². The van der Waals surface area contributed by atoms with Gasteiger partial charge in [-0.15, -0.1) is 0 Å². The molecule has 0 aromatic carbocycles. The van der Waals surface area contributed by atoms with Crippen LogP contribution in [-0.4, -0.2) is 50.6 Å². The molecular formula is C16H21N5O2S. The van der Waals surface area contributed by atoms with Crippen molar-refractivity contribution in [3.05, 3.63) is 22.8 Å². The SMILES string of the molecule is Cc1noc(C2CCCCN2C(=O)CC2=CSC3=NCCCN23)n1. The van der Waals surface area contributed by atoms with Crippen LogP contribution < -0.4 is 0 Å². The molecule has 1 unspecified atom stereocenters. The third kappa shape index (κ3) is 2.94. The second kappa shape index (κ2) is 6.58. The second-order valence-electron chi connectivity index (χ2n) is 6.35. The summed E-state index contributed by atoms with van der Waals surface area (Å²) in [7, 11) is 0. The summed E-state index contributed by atoms with van der Waals surface area (Å²) in [4.78, 5) is 25.9. The number of fused-ring (bicyclic) bond motifs is 1. The van der Waals surface area contributed by atoms with Gasteiger partial charge < -0.3 is 14.3 Å². The van der Waals surface area contributed by atoms with Crippen molar-refractivity contribution in [2.45, 2.75) is 45.1 Å². The van der Waals surface area contributed by atoms with Gasteiger partial charge in [0, 0.05) is 25.3 Å². The molecule has 0 spiro atoms. The topological polar surface area (TPSA) is 74.8 Å². The highest BCUT2D eigenvalue weighted by atomic mass is 32.2. The maximum absolute atomic E-state index is 12.9. The minimum Gasteiger partial charge on any atom is -0.337 e. The summed E-state index contributed by atoms with van der Waals surface area (Å²) in [6.07, 6.45) is 4.45. The van der Waals surface area contributed by atoms with Crippen LogP contribution in [0.15, 0.2) is 20.6 Å². The Morgan fingerprint density at radius 3 is 3.12 bits per heavy atom. The molecule has 0 bridgehead atoms. The molecule has 1 saturated heterocycles. The zero-order chi connectivity index (χ0) is 16.5. The average Bonchev–Trinajstić information content (AvgIpc) is 3.22. The molecule has 7 nitrogen and oxygen atoms in total. The van der Waals surface area contributed by atoms with Crippen molar-refractivity contribution in [1.29, 1.82) is 0 Å².